The van der Waals surface area contributed by atoms with Crippen molar-refractivity contribution in [1.82, 2.24) is 0 Å². The van der Waals surface area contributed by atoms with Gasteiger partial charge >= 0.3 is 0 Å². The number of pyridine rings is 1. The number of rotatable bonds is 7. The van der Waals surface area contributed by atoms with Gasteiger partial charge in [-0.3, -0.25) is 0 Å². The van der Waals surface area contributed by atoms with Crippen LogP contribution in [0.25, 0.3) is 11.3 Å². The van der Waals surface area contributed by atoms with Crippen LogP contribution in [0, 0.1) is 0 Å². The number of aromatic nitrogens is 1. The normalized spacial score (nSPS) is 14.6. The molecule has 0 atom stereocenters. The fourth-order valence-electron chi connectivity index (χ4n) is 2.98. The molecule has 0 N–H and O–H groups in total. The first-order valence-corrected chi connectivity index (χ1v) is 8.35. The number of allylic oxidation sites excluding steroid dienone is 5. The van der Waals surface area contributed by atoms with Crippen LogP contribution in [0.15, 0.2) is 48.7 Å². The van der Waals surface area contributed by atoms with Crippen LogP contribution in [0.1, 0.15) is 64.5 Å². The first kappa shape index (κ1) is 15.8. The highest BCUT2D eigenvalue weighted by molar-refractivity contribution is 5.68. The Morgan fingerprint density at radius 2 is 2.10 bits per heavy atom. The lowest BCUT2D eigenvalue weighted by atomic mass is 9.91. The Morgan fingerprint density at radius 1 is 1.24 bits per heavy atom. The third-order valence-electron chi connectivity index (χ3n) is 4.12. The fourth-order valence-corrected chi connectivity index (χ4v) is 2.98. The van der Waals surface area contributed by atoms with E-state index in [1.165, 1.54) is 41.8 Å². The lowest BCUT2D eigenvalue weighted by molar-refractivity contribution is -0.585. The third kappa shape index (κ3) is 3.93. The molecule has 112 valence electrons. The van der Waals surface area contributed by atoms with Gasteiger partial charge < -0.3 is 0 Å². The average molecular weight is 282 g/mol. The van der Waals surface area contributed by atoms with Gasteiger partial charge in [-0.2, -0.15) is 4.57 Å². The lowest BCUT2D eigenvalue weighted by Crippen LogP contribution is -2.36. The molecule has 0 bridgehead atoms. The maximum atomic E-state index is 4.28. The molecule has 1 aromatic heterocycles. The molecule has 0 saturated carbocycles. The van der Waals surface area contributed by atoms with E-state index >= 15 is 0 Å². The first-order chi connectivity index (χ1) is 10.3. The van der Waals surface area contributed by atoms with Gasteiger partial charge in [-0.15, -0.1) is 0 Å². The van der Waals surface area contributed by atoms with Crippen molar-refractivity contribution in [3.05, 3.63) is 54.4 Å². The number of nitrogens with zero attached hydrogens (tertiary/aromatic N) is 1. The summed E-state index contributed by atoms with van der Waals surface area (Å²) in [5.74, 6) is 0. The summed E-state index contributed by atoms with van der Waals surface area (Å²) in [4.78, 5) is 0. The minimum absolute atomic E-state index is 1.05. The highest BCUT2D eigenvalue weighted by Gasteiger charge is 2.21. The van der Waals surface area contributed by atoms with Gasteiger partial charge in [-0.05, 0) is 50.3 Å². The van der Waals surface area contributed by atoms with Crippen molar-refractivity contribution >= 4 is 11.3 Å². The Labute approximate surface area is 129 Å². The number of hydrogen-bond acceptors (Lipinski definition) is 0. The highest BCUT2D eigenvalue weighted by Crippen LogP contribution is 2.30. The zero-order valence-corrected chi connectivity index (χ0v) is 13.6. The van der Waals surface area contributed by atoms with Crippen molar-refractivity contribution < 1.29 is 4.57 Å². The predicted octanol–water partition coefficient (Wildman–Crippen LogP) is 5.54. The topological polar surface area (TPSA) is 3.88 Å². The van der Waals surface area contributed by atoms with Gasteiger partial charge in [0.1, 0.15) is 0 Å². The molecule has 0 radical (unpaired) electrons. The minimum Gasteiger partial charge on any atom is -0.165 e. The molecule has 1 heteroatoms. The lowest BCUT2D eigenvalue weighted by Gasteiger charge is -2.15. The van der Waals surface area contributed by atoms with E-state index in [0.29, 0.717) is 0 Å². The van der Waals surface area contributed by atoms with Crippen LogP contribution in [0.4, 0.5) is 0 Å². The molecule has 1 aliphatic carbocycles. The van der Waals surface area contributed by atoms with Crippen molar-refractivity contribution in [3.8, 4) is 0 Å². The summed E-state index contributed by atoms with van der Waals surface area (Å²) in [7, 11) is 0. The Bertz CT molecular complexity index is 549. The highest BCUT2D eigenvalue weighted by atomic mass is 15.0. The van der Waals surface area contributed by atoms with E-state index in [0.717, 1.165) is 25.7 Å². The third-order valence-corrected chi connectivity index (χ3v) is 4.12. The van der Waals surface area contributed by atoms with Crippen LogP contribution >= 0.6 is 0 Å². The number of unbranched alkanes of at least 4 members (excludes halogenated alkanes) is 1. The molecule has 0 saturated heterocycles. The summed E-state index contributed by atoms with van der Waals surface area (Å²) in [5.41, 5.74) is 5.58. The first-order valence-electron chi connectivity index (χ1n) is 8.35. The van der Waals surface area contributed by atoms with Crippen molar-refractivity contribution in [2.45, 2.75) is 58.8 Å². The van der Waals surface area contributed by atoms with Crippen molar-refractivity contribution in [2.24, 2.45) is 0 Å². The largest absolute Gasteiger partial charge is 0.214 e. The average Bonchev–Trinajstić information content (AvgIpc) is 2.53. The predicted molar refractivity (Wildman–Crippen MR) is 91.7 cm³/mol. The zero-order valence-electron chi connectivity index (χ0n) is 13.6. The van der Waals surface area contributed by atoms with E-state index in [2.05, 4.69) is 61.5 Å². The van der Waals surface area contributed by atoms with Gasteiger partial charge in [0, 0.05) is 24.1 Å². The molecule has 0 aromatic carbocycles. The maximum absolute atomic E-state index is 4.28. The molecular formula is C20H28N+. The van der Waals surface area contributed by atoms with E-state index in [9.17, 15) is 0 Å². The molecule has 0 unspecified atom stereocenters. The fraction of sp³-hybridized carbons (Fsp3) is 0.450. The van der Waals surface area contributed by atoms with Gasteiger partial charge in [0.2, 0.25) is 5.69 Å². The van der Waals surface area contributed by atoms with E-state index in [1.54, 1.807) is 0 Å². The Kier molecular flexibility index (Phi) is 5.98. The molecule has 1 nitrogen and oxygen atoms in total. The minimum atomic E-state index is 1.05. The van der Waals surface area contributed by atoms with Crippen LogP contribution in [-0.4, -0.2) is 0 Å². The van der Waals surface area contributed by atoms with Crippen molar-refractivity contribution in [1.29, 1.82) is 0 Å². The van der Waals surface area contributed by atoms with Gasteiger partial charge in [0.15, 0.2) is 11.9 Å². The van der Waals surface area contributed by atoms with E-state index in [4.69, 9.17) is 0 Å². The summed E-state index contributed by atoms with van der Waals surface area (Å²) < 4.78 is 2.30. The van der Waals surface area contributed by atoms with Gasteiger partial charge in [-0.1, -0.05) is 32.4 Å². The van der Waals surface area contributed by atoms with Crippen molar-refractivity contribution in [2.75, 3.05) is 0 Å². The van der Waals surface area contributed by atoms with E-state index in [-0.39, 0.29) is 0 Å². The summed E-state index contributed by atoms with van der Waals surface area (Å²) in [6.07, 6.45) is 15.0. The van der Waals surface area contributed by atoms with Gasteiger partial charge in [0.25, 0.3) is 0 Å². The molecule has 1 aromatic rings. The second kappa shape index (κ2) is 7.97. The monoisotopic (exact) mass is 282 g/mol. The van der Waals surface area contributed by atoms with Gasteiger partial charge in [-0.25, -0.2) is 0 Å². The molecule has 0 amide bonds. The quantitative estimate of drug-likeness (QED) is 0.578. The zero-order chi connectivity index (χ0) is 15.1. The Balaban J connectivity index is 2.41. The van der Waals surface area contributed by atoms with Crippen molar-refractivity contribution in [3.63, 3.8) is 0 Å². The standard InChI is InChI=1S/C20H28N/c1-4-6-12-18-13-7-8-14-19(18)20-15-9-10-16-21(20)17(3)11-5-2/h7,9-10,13,15-16H,3-6,8,11-12,14H2,1-2H3/q+1. The molecule has 2 rings (SSSR count). The van der Waals surface area contributed by atoms with Crippen LogP contribution in [-0.2, 0) is 0 Å². The Morgan fingerprint density at radius 3 is 2.86 bits per heavy atom. The molecule has 1 heterocycles. The maximum Gasteiger partial charge on any atom is 0.214 e. The summed E-state index contributed by atoms with van der Waals surface area (Å²) in [6, 6.07) is 6.50. The molecule has 0 spiro atoms. The molecule has 0 aliphatic heterocycles. The SMILES string of the molecule is C=C(CCC)[n+]1ccccc1C1=C(CCCC)C=CCC1. The molecule has 0 fully saturated rings. The van der Waals surface area contributed by atoms with Crippen LogP contribution in [0.5, 0.6) is 0 Å². The van der Waals surface area contributed by atoms with E-state index in [1.807, 2.05) is 0 Å². The van der Waals surface area contributed by atoms with Crippen LogP contribution in [0.2, 0.25) is 0 Å². The van der Waals surface area contributed by atoms with Gasteiger partial charge in [0.05, 0.1) is 0 Å². The number of hydrogen-bond donors (Lipinski definition) is 0. The second-order valence-electron chi connectivity index (χ2n) is 5.82. The van der Waals surface area contributed by atoms with E-state index < -0.39 is 0 Å². The summed E-state index contributed by atoms with van der Waals surface area (Å²) in [6.45, 7) is 8.75. The van der Waals surface area contributed by atoms with Crippen LogP contribution < -0.4 is 4.57 Å². The smallest absolute Gasteiger partial charge is 0.165 e. The second-order valence-corrected chi connectivity index (χ2v) is 5.82. The van der Waals surface area contributed by atoms with Crippen LogP contribution in [0.3, 0.4) is 0 Å². The molecular weight excluding hydrogens is 254 g/mol. The molecule has 21 heavy (non-hydrogen) atoms. The molecule has 1 aliphatic rings. The summed E-state index contributed by atoms with van der Waals surface area (Å²) >= 11 is 0. The summed E-state index contributed by atoms with van der Waals surface area (Å²) in [5, 5.41) is 0. The Hall–Kier alpha value is -1.63.